The Morgan fingerprint density at radius 2 is 2.10 bits per heavy atom. The maximum absolute atomic E-state index is 11.7. The SMILES string of the molecule is CN(CCS(N)(=O)=O)C(=O)CCCCCc1noc(=O)[nH]1. The van der Waals surface area contributed by atoms with Crippen molar-refractivity contribution in [3.63, 3.8) is 0 Å². The first-order valence-corrected chi connectivity index (χ1v) is 8.29. The maximum atomic E-state index is 11.7. The molecule has 0 aromatic carbocycles. The van der Waals surface area contributed by atoms with E-state index in [4.69, 9.17) is 5.14 Å². The highest BCUT2D eigenvalue weighted by Gasteiger charge is 2.11. The smallest absolute Gasteiger partial charge is 0.345 e. The number of nitrogens with two attached hydrogens (primary N) is 1. The molecule has 0 atom stereocenters. The van der Waals surface area contributed by atoms with Crippen LogP contribution in [0.1, 0.15) is 31.5 Å². The van der Waals surface area contributed by atoms with Gasteiger partial charge >= 0.3 is 5.76 Å². The van der Waals surface area contributed by atoms with Crippen LogP contribution in [0.3, 0.4) is 0 Å². The zero-order valence-corrected chi connectivity index (χ0v) is 12.7. The molecule has 1 amide bonds. The number of hydrogen-bond donors (Lipinski definition) is 2. The molecule has 0 bridgehead atoms. The molecule has 0 aliphatic heterocycles. The lowest BCUT2D eigenvalue weighted by molar-refractivity contribution is -0.129. The van der Waals surface area contributed by atoms with Crippen molar-refractivity contribution in [1.82, 2.24) is 15.0 Å². The molecule has 0 unspecified atom stereocenters. The van der Waals surface area contributed by atoms with Gasteiger partial charge in [-0.2, -0.15) is 0 Å². The lowest BCUT2D eigenvalue weighted by Gasteiger charge is -2.16. The number of carbonyl (C=O) groups excluding carboxylic acids is 1. The molecule has 1 aromatic rings. The van der Waals surface area contributed by atoms with Gasteiger partial charge in [0.25, 0.3) is 0 Å². The molecule has 21 heavy (non-hydrogen) atoms. The van der Waals surface area contributed by atoms with Crippen molar-refractivity contribution in [2.75, 3.05) is 19.3 Å². The van der Waals surface area contributed by atoms with Crippen LogP contribution in [-0.4, -0.2) is 48.7 Å². The van der Waals surface area contributed by atoms with Gasteiger partial charge in [-0.1, -0.05) is 11.6 Å². The van der Waals surface area contributed by atoms with Crippen LogP contribution in [-0.2, 0) is 21.2 Å². The van der Waals surface area contributed by atoms with E-state index in [-0.39, 0.29) is 18.2 Å². The number of primary sulfonamides is 1. The Bertz CT molecular complexity index is 606. The molecule has 1 heterocycles. The number of nitrogens with zero attached hydrogens (tertiary/aromatic N) is 2. The van der Waals surface area contributed by atoms with Crippen LogP contribution < -0.4 is 10.9 Å². The molecule has 0 aliphatic rings. The van der Waals surface area contributed by atoms with Gasteiger partial charge < -0.3 is 4.90 Å². The topological polar surface area (TPSA) is 139 Å². The third-order valence-corrected chi connectivity index (χ3v) is 3.68. The van der Waals surface area contributed by atoms with E-state index in [1.54, 1.807) is 7.05 Å². The first-order valence-electron chi connectivity index (χ1n) is 6.57. The molecule has 120 valence electrons. The van der Waals surface area contributed by atoms with E-state index >= 15 is 0 Å². The zero-order valence-electron chi connectivity index (χ0n) is 11.9. The summed E-state index contributed by atoms with van der Waals surface area (Å²) in [5.41, 5.74) is 0. The summed E-state index contributed by atoms with van der Waals surface area (Å²) in [6.07, 6.45) is 3.18. The molecule has 0 saturated carbocycles. The quantitative estimate of drug-likeness (QED) is 0.572. The van der Waals surface area contributed by atoms with Gasteiger partial charge in [-0.05, 0) is 12.8 Å². The fraction of sp³-hybridized carbons (Fsp3) is 0.727. The summed E-state index contributed by atoms with van der Waals surface area (Å²) in [7, 11) is -2.00. The van der Waals surface area contributed by atoms with Gasteiger partial charge in [-0.3, -0.25) is 14.3 Å². The van der Waals surface area contributed by atoms with Gasteiger partial charge in [0.05, 0.1) is 5.75 Å². The molecular weight excluding hydrogens is 300 g/mol. The molecule has 1 rings (SSSR count). The van der Waals surface area contributed by atoms with Crippen LogP contribution in [0.15, 0.2) is 9.32 Å². The molecular formula is C11H20N4O5S. The number of sulfonamides is 1. The molecule has 0 fully saturated rings. The summed E-state index contributed by atoms with van der Waals surface area (Å²) in [5, 5.41) is 8.41. The first-order chi connectivity index (χ1) is 9.78. The van der Waals surface area contributed by atoms with E-state index in [2.05, 4.69) is 14.7 Å². The van der Waals surface area contributed by atoms with Crippen LogP contribution in [0.5, 0.6) is 0 Å². The Balaban J connectivity index is 2.14. The second-order valence-electron chi connectivity index (χ2n) is 4.78. The van der Waals surface area contributed by atoms with Crippen molar-refractivity contribution in [3.05, 3.63) is 16.4 Å². The van der Waals surface area contributed by atoms with E-state index in [1.807, 2.05) is 0 Å². The zero-order chi connectivity index (χ0) is 15.9. The third kappa shape index (κ3) is 7.61. The summed E-state index contributed by atoms with van der Waals surface area (Å²) in [5.74, 6) is -0.434. The van der Waals surface area contributed by atoms with Crippen LogP contribution in [0, 0.1) is 0 Å². The molecule has 1 aromatic heterocycles. The number of unbranched alkanes of at least 4 members (excludes halogenated alkanes) is 2. The first kappa shape index (κ1) is 17.4. The highest BCUT2D eigenvalue weighted by molar-refractivity contribution is 7.89. The largest absolute Gasteiger partial charge is 0.438 e. The van der Waals surface area contributed by atoms with E-state index in [9.17, 15) is 18.0 Å². The van der Waals surface area contributed by atoms with Crippen molar-refractivity contribution in [1.29, 1.82) is 0 Å². The Hall–Kier alpha value is -1.68. The summed E-state index contributed by atoms with van der Waals surface area (Å²) >= 11 is 0. The summed E-state index contributed by atoms with van der Waals surface area (Å²) in [6.45, 7) is 0.0951. The molecule has 3 N–H and O–H groups in total. The fourth-order valence-corrected chi connectivity index (χ4v) is 2.22. The average molecular weight is 320 g/mol. The van der Waals surface area contributed by atoms with Crippen molar-refractivity contribution in [2.45, 2.75) is 32.1 Å². The molecule has 10 heteroatoms. The van der Waals surface area contributed by atoms with Crippen molar-refractivity contribution in [2.24, 2.45) is 5.14 Å². The highest BCUT2D eigenvalue weighted by atomic mass is 32.2. The highest BCUT2D eigenvalue weighted by Crippen LogP contribution is 2.05. The number of nitrogens with one attached hydrogen (secondary N) is 1. The van der Waals surface area contributed by atoms with Crippen molar-refractivity contribution >= 4 is 15.9 Å². The lowest BCUT2D eigenvalue weighted by atomic mass is 10.1. The summed E-state index contributed by atoms with van der Waals surface area (Å²) < 4.78 is 26.0. The van der Waals surface area contributed by atoms with E-state index < -0.39 is 15.8 Å². The number of amides is 1. The number of carbonyl (C=O) groups is 1. The van der Waals surface area contributed by atoms with Crippen LogP contribution in [0.25, 0.3) is 0 Å². The third-order valence-electron chi connectivity index (χ3n) is 2.93. The lowest BCUT2D eigenvalue weighted by Crippen LogP contribution is -2.33. The molecule has 0 spiro atoms. The second kappa shape index (κ2) is 7.93. The van der Waals surface area contributed by atoms with Crippen LogP contribution in [0.2, 0.25) is 0 Å². The van der Waals surface area contributed by atoms with Gasteiger partial charge in [-0.15, -0.1) is 0 Å². The molecule has 0 aliphatic carbocycles. The van der Waals surface area contributed by atoms with Gasteiger partial charge in [0.1, 0.15) is 0 Å². The Kier molecular flexibility index (Phi) is 6.56. The molecule has 0 radical (unpaired) electrons. The number of aromatic nitrogens is 2. The Morgan fingerprint density at radius 1 is 1.38 bits per heavy atom. The predicted octanol–water partition coefficient (Wildman–Crippen LogP) is -0.787. The minimum absolute atomic E-state index is 0.0951. The van der Waals surface area contributed by atoms with Gasteiger partial charge in [-0.25, -0.2) is 18.4 Å². The van der Waals surface area contributed by atoms with Crippen LogP contribution >= 0.6 is 0 Å². The van der Waals surface area contributed by atoms with Crippen molar-refractivity contribution < 1.29 is 17.7 Å². The number of aromatic amines is 1. The second-order valence-corrected chi connectivity index (χ2v) is 6.52. The average Bonchev–Trinajstić information content (AvgIpc) is 2.80. The van der Waals surface area contributed by atoms with Gasteiger partial charge in [0.15, 0.2) is 5.82 Å². The van der Waals surface area contributed by atoms with Crippen LogP contribution in [0.4, 0.5) is 0 Å². The Labute approximate surface area is 122 Å². The number of rotatable bonds is 9. The van der Waals surface area contributed by atoms with Gasteiger partial charge in [0, 0.05) is 26.4 Å². The summed E-state index contributed by atoms with van der Waals surface area (Å²) in [4.78, 5) is 26.2. The predicted molar refractivity (Wildman–Crippen MR) is 74.9 cm³/mol. The molecule has 0 saturated heterocycles. The normalized spacial score (nSPS) is 11.5. The standard InChI is InChI=1S/C11H20N4O5S/c1-15(7-8-21(12,18)19)10(16)6-4-2-3-5-9-13-11(17)20-14-9/h2-8H2,1H3,(H2,12,18,19)(H,13,14,17). The monoisotopic (exact) mass is 320 g/mol. The summed E-state index contributed by atoms with van der Waals surface area (Å²) in [6, 6.07) is 0. The fourth-order valence-electron chi connectivity index (χ4n) is 1.69. The number of H-pyrrole nitrogens is 1. The molecule has 9 nitrogen and oxygen atoms in total. The number of hydrogen-bond acceptors (Lipinski definition) is 6. The van der Waals surface area contributed by atoms with E-state index in [1.165, 1.54) is 4.90 Å². The van der Waals surface area contributed by atoms with Crippen molar-refractivity contribution in [3.8, 4) is 0 Å². The number of aryl methyl sites for hydroxylation is 1. The van der Waals surface area contributed by atoms with E-state index in [0.717, 1.165) is 12.8 Å². The minimum atomic E-state index is -3.55. The van der Waals surface area contributed by atoms with Gasteiger partial charge in [0.2, 0.25) is 15.9 Å². The minimum Gasteiger partial charge on any atom is -0.345 e. The Morgan fingerprint density at radius 3 is 2.67 bits per heavy atom. The van der Waals surface area contributed by atoms with E-state index in [0.29, 0.717) is 25.1 Å². The maximum Gasteiger partial charge on any atom is 0.438 e.